The fraction of sp³-hybridized carbons (Fsp3) is 1.00. The highest BCUT2D eigenvalue weighted by Gasteiger charge is 2.18. The minimum atomic E-state index is 0.762. The summed E-state index contributed by atoms with van der Waals surface area (Å²) < 4.78 is 0. The van der Waals surface area contributed by atoms with E-state index in [1.807, 2.05) is 0 Å². The molecule has 0 bridgehead atoms. The summed E-state index contributed by atoms with van der Waals surface area (Å²) in [5.41, 5.74) is 0. The van der Waals surface area contributed by atoms with Crippen LogP contribution in [0.3, 0.4) is 0 Å². The molecule has 19 heavy (non-hydrogen) atoms. The van der Waals surface area contributed by atoms with Crippen molar-refractivity contribution in [1.82, 2.24) is 15.1 Å². The number of rotatable bonds is 6. The van der Waals surface area contributed by atoms with Crippen molar-refractivity contribution < 1.29 is 0 Å². The normalized spacial score (nSPS) is 28.4. The molecule has 0 spiro atoms. The summed E-state index contributed by atoms with van der Waals surface area (Å²) in [6, 6.07) is 0.762. The van der Waals surface area contributed by atoms with Crippen molar-refractivity contribution in [2.45, 2.75) is 52.0 Å². The van der Waals surface area contributed by atoms with Gasteiger partial charge in [0, 0.05) is 12.6 Å². The van der Waals surface area contributed by atoms with Gasteiger partial charge in [-0.1, -0.05) is 13.8 Å². The van der Waals surface area contributed by atoms with Crippen LogP contribution < -0.4 is 5.32 Å². The zero-order valence-electron chi connectivity index (χ0n) is 13.0. The molecule has 3 nitrogen and oxygen atoms in total. The molecule has 2 atom stereocenters. The van der Waals surface area contributed by atoms with Crippen LogP contribution in [0.2, 0.25) is 0 Å². The zero-order chi connectivity index (χ0) is 13.5. The lowest BCUT2D eigenvalue weighted by Gasteiger charge is -2.23. The van der Waals surface area contributed by atoms with Crippen molar-refractivity contribution in [1.29, 1.82) is 0 Å². The number of nitrogens with zero attached hydrogens (tertiary/aromatic N) is 2. The molecular formula is C16H33N3. The Morgan fingerprint density at radius 1 is 1.00 bits per heavy atom. The molecule has 2 aliphatic heterocycles. The largest absolute Gasteiger partial charge is 0.314 e. The summed E-state index contributed by atoms with van der Waals surface area (Å²) in [4.78, 5) is 5.23. The number of likely N-dealkylation sites (tertiary alicyclic amines) is 2. The van der Waals surface area contributed by atoms with Gasteiger partial charge in [-0.15, -0.1) is 0 Å². The fourth-order valence-electron chi connectivity index (χ4n) is 3.51. The Bertz CT molecular complexity index is 238. The summed E-state index contributed by atoms with van der Waals surface area (Å²) in [6.07, 6.45) is 6.90. The number of hydrogen-bond donors (Lipinski definition) is 1. The van der Waals surface area contributed by atoms with E-state index in [1.54, 1.807) is 0 Å². The van der Waals surface area contributed by atoms with Gasteiger partial charge in [0.15, 0.2) is 0 Å². The Morgan fingerprint density at radius 2 is 1.74 bits per heavy atom. The molecule has 112 valence electrons. The topological polar surface area (TPSA) is 18.5 Å². The summed E-state index contributed by atoms with van der Waals surface area (Å²) in [5, 5.41) is 3.83. The Hall–Kier alpha value is -0.120. The molecule has 0 radical (unpaired) electrons. The fourth-order valence-corrected chi connectivity index (χ4v) is 3.51. The van der Waals surface area contributed by atoms with Crippen LogP contribution in [0.4, 0.5) is 0 Å². The van der Waals surface area contributed by atoms with Crippen LogP contribution in [-0.2, 0) is 0 Å². The molecule has 3 heteroatoms. The van der Waals surface area contributed by atoms with Gasteiger partial charge in [-0.2, -0.15) is 0 Å². The summed E-state index contributed by atoms with van der Waals surface area (Å²) in [7, 11) is 0. The smallest absolute Gasteiger partial charge is 0.00798 e. The monoisotopic (exact) mass is 267 g/mol. The average Bonchev–Trinajstić information content (AvgIpc) is 2.80. The van der Waals surface area contributed by atoms with Gasteiger partial charge in [0.25, 0.3) is 0 Å². The van der Waals surface area contributed by atoms with E-state index < -0.39 is 0 Å². The van der Waals surface area contributed by atoms with Gasteiger partial charge in [0.1, 0.15) is 0 Å². The van der Waals surface area contributed by atoms with Gasteiger partial charge in [-0.25, -0.2) is 0 Å². The minimum absolute atomic E-state index is 0.762. The lowest BCUT2D eigenvalue weighted by atomic mass is 10.1. The van der Waals surface area contributed by atoms with Crippen LogP contribution in [0.15, 0.2) is 0 Å². The van der Waals surface area contributed by atoms with Gasteiger partial charge in [-0.3, -0.25) is 0 Å². The van der Waals surface area contributed by atoms with Crippen molar-refractivity contribution in [3.63, 3.8) is 0 Å². The Balaban J connectivity index is 1.61. The highest BCUT2D eigenvalue weighted by Crippen LogP contribution is 2.13. The molecule has 2 unspecified atom stereocenters. The molecule has 2 aliphatic rings. The summed E-state index contributed by atoms with van der Waals surface area (Å²) >= 11 is 0. The van der Waals surface area contributed by atoms with Gasteiger partial charge in [0.05, 0.1) is 0 Å². The van der Waals surface area contributed by atoms with Crippen molar-refractivity contribution >= 4 is 0 Å². The predicted molar refractivity (Wildman–Crippen MR) is 82.6 cm³/mol. The van der Waals surface area contributed by atoms with E-state index >= 15 is 0 Å². The Morgan fingerprint density at radius 3 is 2.47 bits per heavy atom. The first kappa shape index (κ1) is 15.3. The molecule has 2 fully saturated rings. The molecule has 0 amide bonds. The Kier molecular flexibility index (Phi) is 6.62. The van der Waals surface area contributed by atoms with Crippen LogP contribution >= 0.6 is 0 Å². The summed E-state index contributed by atoms with van der Waals surface area (Å²) in [5.74, 6) is 0.795. The SMILES string of the molecule is CCN1CCCC(NCC(C)CN2CCCC2)CC1. The molecule has 0 aromatic carbocycles. The molecule has 2 saturated heterocycles. The van der Waals surface area contributed by atoms with Crippen molar-refractivity contribution in [2.75, 3.05) is 45.8 Å². The first-order chi connectivity index (χ1) is 9.28. The third kappa shape index (κ3) is 5.41. The molecule has 2 heterocycles. The average molecular weight is 267 g/mol. The van der Waals surface area contributed by atoms with Crippen LogP contribution in [0.5, 0.6) is 0 Å². The van der Waals surface area contributed by atoms with E-state index in [2.05, 4.69) is 29.0 Å². The van der Waals surface area contributed by atoms with Gasteiger partial charge >= 0.3 is 0 Å². The third-order valence-electron chi connectivity index (χ3n) is 4.79. The van der Waals surface area contributed by atoms with E-state index in [4.69, 9.17) is 0 Å². The maximum Gasteiger partial charge on any atom is 0.00798 e. The van der Waals surface area contributed by atoms with Crippen LogP contribution in [-0.4, -0.2) is 61.7 Å². The zero-order valence-corrected chi connectivity index (χ0v) is 13.0. The van der Waals surface area contributed by atoms with Crippen LogP contribution in [0.25, 0.3) is 0 Å². The Labute approximate surface area is 119 Å². The minimum Gasteiger partial charge on any atom is -0.314 e. The second kappa shape index (κ2) is 8.23. The molecule has 0 saturated carbocycles. The van der Waals surface area contributed by atoms with Gasteiger partial charge in [0.2, 0.25) is 0 Å². The third-order valence-corrected chi connectivity index (χ3v) is 4.79. The van der Waals surface area contributed by atoms with Crippen molar-refractivity contribution in [2.24, 2.45) is 5.92 Å². The van der Waals surface area contributed by atoms with Crippen LogP contribution in [0, 0.1) is 5.92 Å². The van der Waals surface area contributed by atoms with E-state index in [9.17, 15) is 0 Å². The van der Waals surface area contributed by atoms with Crippen molar-refractivity contribution in [3.05, 3.63) is 0 Å². The molecule has 0 aromatic rings. The first-order valence-corrected chi connectivity index (χ1v) is 8.46. The molecular weight excluding hydrogens is 234 g/mol. The predicted octanol–water partition coefficient (Wildman–Crippen LogP) is 2.18. The highest BCUT2D eigenvalue weighted by molar-refractivity contribution is 4.76. The van der Waals surface area contributed by atoms with E-state index in [-0.39, 0.29) is 0 Å². The number of hydrogen-bond acceptors (Lipinski definition) is 3. The standard InChI is InChI=1S/C16H33N3/c1-3-18-11-6-7-16(8-12-18)17-13-15(2)14-19-9-4-5-10-19/h15-17H,3-14H2,1-2H3. The van der Waals surface area contributed by atoms with Gasteiger partial charge in [-0.05, 0) is 77.3 Å². The van der Waals surface area contributed by atoms with Crippen LogP contribution in [0.1, 0.15) is 46.0 Å². The van der Waals surface area contributed by atoms with E-state index in [1.165, 1.54) is 77.9 Å². The maximum absolute atomic E-state index is 3.83. The maximum atomic E-state index is 3.83. The summed E-state index contributed by atoms with van der Waals surface area (Å²) in [6.45, 7) is 13.7. The number of nitrogens with one attached hydrogen (secondary N) is 1. The van der Waals surface area contributed by atoms with E-state index in [0.29, 0.717) is 0 Å². The van der Waals surface area contributed by atoms with E-state index in [0.717, 1.165) is 12.0 Å². The molecule has 2 rings (SSSR count). The highest BCUT2D eigenvalue weighted by atomic mass is 15.1. The molecule has 0 aliphatic carbocycles. The molecule has 1 N–H and O–H groups in total. The quantitative estimate of drug-likeness (QED) is 0.796. The lowest BCUT2D eigenvalue weighted by molar-refractivity contribution is 0.272. The lowest BCUT2D eigenvalue weighted by Crippen LogP contribution is -2.37. The van der Waals surface area contributed by atoms with Gasteiger partial charge < -0.3 is 15.1 Å². The first-order valence-electron chi connectivity index (χ1n) is 8.46. The second-order valence-electron chi connectivity index (χ2n) is 6.58. The van der Waals surface area contributed by atoms with Crippen molar-refractivity contribution in [3.8, 4) is 0 Å². The molecule has 0 aromatic heterocycles. The second-order valence-corrected chi connectivity index (χ2v) is 6.58.